The third kappa shape index (κ3) is 4.48. The van der Waals surface area contributed by atoms with E-state index in [-0.39, 0.29) is 5.04 Å². The van der Waals surface area contributed by atoms with E-state index < -0.39 is 13.9 Å². The third-order valence-electron chi connectivity index (χ3n) is 7.08. The Balaban J connectivity index is 2.09. The highest BCUT2D eigenvalue weighted by Gasteiger charge is 2.40. The lowest BCUT2D eigenvalue weighted by molar-refractivity contribution is 0.0698. The molecule has 0 heterocycles. The van der Waals surface area contributed by atoms with Crippen LogP contribution in [0.25, 0.3) is 0 Å². The van der Waals surface area contributed by atoms with Crippen LogP contribution in [0.15, 0.2) is 30.3 Å². The minimum atomic E-state index is -1.95. The molecular formula is C26H38O5Si. The molecule has 0 bridgehead atoms. The van der Waals surface area contributed by atoms with Gasteiger partial charge in [-0.15, -0.1) is 0 Å². The van der Waals surface area contributed by atoms with Gasteiger partial charge in [-0.3, -0.25) is 0 Å². The Morgan fingerprint density at radius 2 is 1.53 bits per heavy atom. The smallest absolute Gasteiger partial charge is 0.250 e. The average Bonchev–Trinajstić information content (AvgIpc) is 2.90. The molecule has 32 heavy (non-hydrogen) atoms. The number of ether oxygens (including phenoxy) is 3. The molecule has 2 aromatic carbocycles. The first kappa shape index (κ1) is 24.5. The van der Waals surface area contributed by atoms with Crippen molar-refractivity contribution in [1.29, 1.82) is 0 Å². The van der Waals surface area contributed by atoms with E-state index in [1.807, 2.05) is 24.3 Å². The molecular weight excluding hydrogens is 420 g/mol. The molecule has 0 spiro atoms. The van der Waals surface area contributed by atoms with Crippen molar-refractivity contribution < 1.29 is 23.7 Å². The molecule has 6 heteroatoms. The van der Waals surface area contributed by atoms with Gasteiger partial charge in [0.25, 0.3) is 0 Å². The zero-order valence-corrected chi connectivity index (χ0v) is 21.8. The standard InChI is InChI=1S/C26H38O5Si/c1-25(2,3)32(7,8)31-20-12-13-21-18(15-20)11-9-10-14-26(21,27)19-16-22(28-4)24(30-6)23(17-19)29-5/h12-13,15-17,27H,9-11,14H2,1-8H3. The maximum Gasteiger partial charge on any atom is 0.250 e. The fourth-order valence-electron chi connectivity index (χ4n) is 4.14. The van der Waals surface area contributed by atoms with E-state index in [4.69, 9.17) is 18.6 Å². The van der Waals surface area contributed by atoms with E-state index in [9.17, 15) is 5.11 Å². The predicted molar refractivity (Wildman–Crippen MR) is 131 cm³/mol. The molecule has 2 aromatic rings. The monoisotopic (exact) mass is 458 g/mol. The Bertz CT molecular complexity index is 938. The molecule has 1 aliphatic rings. The van der Waals surface area contributed by atoms with E-state index in [1.165, 1.54) is 0 Å². The number of aryl methyl sites for hydroxylation is 1. The Kier molecular flexibility index (Phi) is 6.87. The molecule has 176 valence electrons. The Morgan fingerprint density at radius 3 is 2.06 bits per heavy atom. The zero-order valence-electron chi connectivity index (χ0n) is 20.8. The Hall–Kier alpha value is -2.18. The van der Waals surface area contributed by atoms with Crippen molar-refractivity contribution in [2.75, 3.05) is 21.3 Å². The van der Waals surface area contributed by atoms with Crippen LogP contribution in [0.4, 0.5) is 0 Å². The second kappa shape index (κ2) is 8.98. The van der Waals surface area contributed by atoms with Crippen LogP contribution < -0.4 is 18.6 Å². The van der Waals surface area contributed by atoms with E-state index in [0.717, 1.165) is 41.7 Å². The molecule has 0 aliphatic heterocycles. The summed E-state index contributed by atoms with van der Waals surface area (Å²) in [5.74, 6) is 2.50. The molecule has 3 rings (SSSR count). The molecule has 1 atom stereocenters. The summed E-state index contributed by atoms with van der Waals surface area (Å²) in [5, 5.41) is 12.2. The van der Waals surface area contributed by atoms with Gasteiger partial charge in [-0.05, 0) is 84.8 Å². The summed E-state index contributed by atoms with van der Waals surface area (Å²) in [6.07, 6.45) is 3.47. The summed E-state index contributed by atoms with van der Waals surface area (Å²) >= 11 is 0. The van der Waals surface area contributed by atoms with Gasteiger partial charge in [0, 0.05) is 0 Å². The topological polar surface area (TPSA) is 57.2 Å². The first-order valence-electron chi connectivity index (χ1n) is 11.3. The number of hydrogen-bond acceptors (Lipinski definition) is 5. The van der Waals surface area contributed by atoms with Crippen LogP contribution in [-0.4, -0.2) is 34.8 Å². The fourth-order valence-corrected chi connectivity index (χ4v) is 5.16. The van der Waals surface area contributed by atoms with E-state index in [2.05, 4.69) is 39.9 Å². The molecule has 1 N–H and O–H groups in total. The van der Waals surface area contributed by atoms with Crippen LogP contribution in [-0.2, 0) is 12.0 Å². The lowest BCUT2D eigenvalue weighted by atomic mass is 9.81. The highest BCUT2D eigenvalue weighted by atomic mass is 28.4. The second-order valence-corrected chi connectivity index (χ2v) is 14.9. The molecule has 1 unspecified atom stereocenters. The highest BCUT2D eigenvalue weighted by Crippen LogP contribution is 2.47. The van der Waals surface area contributed by atoms with Crippen LogP contribution in [0.2, 0.25) is 18.1 Å². The summed E-state index contributed by atoms with van der Waals surface area (Å²) in [7, 11) is 2.82. The number of benzene rings is 2. The normalized spacial score (nSPS) is 19.0. The summed E-state index contributed by atoms with van der Waals surface area (Å²) in [4.78, 5) is 0. The predicted octanol–water partition coefficient (Wildman–Crippen LogP) is 6.06. The zero-order chi connectivity index (χ0) is 23.7. The molecule has 0 saturated heterocycles. The van der Waals surface area contributed by atoms with Gasteiger partial charge in [0.1, 0.15) is 11.4 Å². The van der Waals surface area contributed by atoms with Gasteiger partial charge in [0.15, 0.2) is 11.5 Å². The maximum absolute atomic E-state index is 12.0. The fraction of sp³-hybridized carbons (Fsp3) is 0.538. The molecule has 5 nitrogen and oxygen atoms in total. The van der Waals surface area contributed by atoms with Gasteiger partial charge >= 0.3 is 0 Å². The van der Waals surface area contributed by atoms with E-state index >= 15 is 0 Å². The van der Waals surface area contributed by atoms with Crippen LogP contribution in [0.1, 0.15) is 56.7 Å². The minimum absolute atomic E-state index is 0.122. The molecule has 0 fully saturated rings. The van der Waals surface area contributed by atoms with Crippen molar-refractivity contribution in [3.8, 4) is 23.0 Å². The van der Waals surface area contributed by atoms with Gasteiger partial charge in [-0.1, -0.05) is 26.8 Å². The van der Waals surface area contributed by atoms with Gasteiger partial charge in [-0.25, -0.2) is 0 Å². The third-order valence-corrected chi connectivity index (χ3v) is 11.4. The summed E-state index contributed by atoms with van der Waals surface area (Å²) in [6, 6.07) is 9.89. The van der Waals surface area contributed by atoms with Crippen LogP contribution in [0.3, 0.4) is 0 Å². The average molecular weight is 459 g/mol. The van der Waals surface area contributed by atoms with Crippen molar-refractivity contribution in [2.45, 2.75) is 70.2 Å². The highest BCUT2D eigenvalue weighted by molar-refractivity contribution is 6.74. The minimum Gasteiger partial charge on any atom is -0.543 e. The number of methoxy groups -OCH3 is 3. The van der Waals surface area contributed by atoms with E-state index in [1.54, 1.807) is 21.3 Å². The van der Waals surface area contributed by atoms with Crippen LogP contribution >= 0.6 is 0 Å². The molecule has 0 amide bonds. The first-order chi connectivity index (χ1) is 15.0. The van der Waals surface area contributed by atoms with Gasteiger partial charge < -0.3 is 23.7 Å². The number of aliphatic hydroxyl groups is 1. The van der Waals surface area contributed by atoms with E-state index in [0.29, 0.717) is 23.7 Å². The first-order valence-corrected chi connectivity index (χ1v) is 14.2. The van der Waals surface area contributed by atoms with Crippen molar-refractivity contribution in [1.82, 2.24) is 0 Å². The molecule has 1 aliphatic carbocycles. The summed E-state index contributed by atoms with van der Waals surface area (Å²) in [5.41, 5.74) is 1.66. The van der Waals surface area contributed by atoms with Gasteiger partial charge in [0.05, 0.1) is 21.3 Å². The van der Waals surface area contributed by atoms with Crippen molar-refractivity contribution >= 4 is 8.32 Å². The summed E-state index contributed by atoms with van der Waals surface area (Å²) < 4.78 is 23.1. The Labute approximate surface area is 193 Å². The lowest BCUT2D eigenvalue weighted by Crippen LogP contribution is -2.43. The molecule has 0 aromatic heterocycles. The van der Waals surface area contributed by atoms with Crippen LogP contribution in [0.5, 0.6) is 23.0 Å². The molecule has 0 radical (unpaired) electrons. The van der Waals surface area contributed by atoms with Crippen molar-refractivity contribution in [2.24, 2.45) is 0 Å². The van der Waals surface area contributed by atoms with Gasteiger partial charge in [-0.2, -0.15) is 0 Å². The molecule has 0 saturated carbocycles. The quantitative estimate of drug-likeness (QED) is 0.421. The number of hydrogen-bond donors (Lipinski definition) is 1. The maximum atomic E-state index is 12.0. The SMILES string of the molecule is COc1cc(C2(O)CCCCc3cc(O[Si](C)(C)C(C)(C)C)ccc32)cc(OC)c1OC. The number of fused-ring (bicyclic) bond motifs is 1. The number of rotatable bonds is 6. The second-order valence-electron chi connectivity index (χ2n) is 10.2. The largest absolute Gasteiger partial charge is 0.543 e. The summed E-state index contributed by atoms with van der Waals surface area (Å²) in [6.45, 7) is 11.2. The van der Waals surface area contributed by atoms with Crippen molar-refractivity contribution in [3.05, 3.63) is 47.0 Å². The van der Waals surface area contributed by atoms with Crippen LogP contribution in [0, 0.1) is 0 Å². The van der Waals surface area contributed by atoms with Gasteiger partial charge in [0.2, 0.25) is 14.1 Å². The Morgan fingerprint density at radius 1 is 0.906 bits per heavy atom. The van der Waals surface area contributed by atoms with Crippen molar-refractivity contribution in [3.63, 3.8) is 0 Å². The lowest BCUT2D eigenvalue weighted by Gasteiger charge is -2.37.